The summed E-state index contributed by atoms with van der Waals surface area (Å²) >= 11 is 5.82. The number of amides is 1. The third kappa shape index (κ3) is 3.25. The molecule has 0 radical (unpaired) electrons. The van der Waals surface area contributed by atoms with E-state index in [-0.39, 0.29) is 5.91 Å². The Balaban J connectivity index is 2.04. The molecule has 0 unspecified atom stereocenters. The van der Waals surface area contributed by atoms with Crippen LogP contribution < -0.4 is 10.1 Å². The summed E-state index contributed by atoms with van der Waals surface area (Å²) in [7, 11) is 0. The first kappa shape index (κ1) is 15.6. The third-order valence-electron chi connectivity index (χ3n) is 3.77. The van der Waals surface area contributed by atoms with Crippen molar-refractivity contribution in [3.63, 3.8) is 0 Å². The second-order valence-corrected chi connectivity index (χ2v) is 5.68. The summed E-state index contributed by atoms with van der Waals surface area (Å²) in [6.45, 7) is 2.53. The van der Waals surface area contributed by atoms with Gasteiger partial charge in [-0.3, -0.25) is 4.79 Å². The molecule has 3 rings (SSSR count). The Morgan fingerprint density at radius 3 is 2.83 bits per heavy atom. The van der Waals surface area contributed by atoms with Crippen molar-refractivity contribution in [1.29, 1.82) is 0 Å². The van der Waals surface area contributed by atoms with E-state index in [1.807, 2.05) is 55.5 Å². The lowest BCUT2D eigenvalue weighted by Crippen LogP contribution is -2.03. The lowest BCUT2D eigenvalue weighted by atomic mass is 10.0. The Morgan fingerprint density at radius 2 is 2.04 bits per heavy atom. The predicted octanol–water partition coefficient (Wildman–Crippen LogP) is 4.36. The number of rotatable bonds is 5. The van der Waals surface area contributed by atoms with Crippen molar-refractivity contribution in [3.05, 3.63) is 59.2 Å². The number of carbonyl (C=O) groups is 1. The van der Waals surface area contributed by atoms with Crippen LogP contribution >= 0.6 is 11.6 Å². The van der Waals surface area contributed by atoms with Crippen LogP contribution in [0.25, 0.3) is 11.6 Å². The SMILES string of the molecule is CCOc1ccccc1C=C1C(=O)Nc2ccc(CCCl)cc21. The number of anilines is 1. The highest BCUT2D eigenvalue weighted by Crippen LogP contribution is 2.35. The molecule has 1 aliphatic heterocycles. The van der Waals surface area contributed by atoms with Crippen molar-refractivity contribution in [3.8, 4) is 5.75 Å². The molecule has 23 heavy (non-hydrogen) atoms. The fourth-order valence-corrected chi connectivity index (χ4v) is 2.90. The zero-order valence-electron chi connectivity index (χ0n) is 12.9. The van der Waals surface area contributed by atoms with Crippen molar-refractivity contribution < 1.29 is 9.53 Å². The quantitative estimate of drug-likeness (QED) is 0.654. The Labute approximate surface area is 140 Å². The summed E-state index contributed by atoms with van der Waals surface area (Å²) in [6, 6.07) is 13.7. The van der Waals surface area contributed by atoms with Gasteiger partial charge in [-0.05, 0) is 43.2 Å². The fraction of sp³-hybridized carbons (Fsp3) is 0.211. The molecule has 0 aromatic heterocycles. The summed E-state index contributed by atoms with van der Waals surface area (Å²) < 4.78 is 5.64. The molecule has 1 amide bonds. The first-order valence-electron chi connectivity index (χ1n) is 7.67. The molecule has 0 saturated heterocycles. The minimum absolute atomic E-state index is 0.0886. The van der Waals surface area contributed by atoms with E-state index in [9.17, 15) is 4.79 Å². The summed E-state index contributed by atoms with van der Waals surface area (Å²) in [5, 5.41) is 2.91. The number of nitrogens with one attached hydrogen (secondary N) is 1. The highest BCUT2D eigenvalue weighted by molar-refractivity contribution is 6.35. The van der Waals surface area contributed by atoms with Gasteiger partial charge in [0.25, 0.3) is 5.91 Å². The maximum atomic E-state index is 12.3. The molecule has 0 fully saturated rings. The molecule has 0 atom stereocenters. The molecule has 1 N–H and O–H groups in total. The number of ether oxygens (including phenoxy) is 1. The Kier molecular flexibility index (Phi) is 4.68. The van der Waals surface area contributed by atoms with E-state index in [1.165, 1.54) is 0 Å². The van der Waals surface area contributed by atoms with Gasteiger partial charge in [-0.1, -0.05) is 24.3 Å². The van der Waals surface area contributed by atoms with Crippen molar-refractivity contribution in [2.75, 3.05) is 17.8 Å². The summed E-state index contributed by atoms with van der Waals surface area (Å²) in [6.07, 6.45) is 2.67. The Bertz CT molecular complexity index is 768. The lowest BCUT2D eigenvalue weighted by Gasteiger charge is -2.07. The highest BCUT2D eigenvalue weighted by Gasteiger charge is 2.24. The number of halogens is 1. The van der Waals surface area contributed by atoms with E-state index >= 15 is 0 Å². The van der Waals surface area contributed by atoms with Gasteiger partial charge in [-0.15, -0.1) is 11.6 Å². The number of para-hydroxylation sites is 1. The molecule has 1 heterocycles. The molecule has 0 saturated carbocycles. The Morgan fingerprint density at radius 1 is 1.22 bits per heavy atom. The first-order chi connectivity index (χ1) is 11.2. The lowest BCUT2D eigenvalue weighted by molar-refractivity contribution is -0.110. The molecule has 2 aromatic carbocycles. The van der Waals surface area contributed by atoms with Crippen LogP contribution in [0.15, 0.2) is 42.5 Å². The zero-order chi connectivity index (χ0) is 16.2. The van der Waals surface area contributed by atoms with Gasteiger partial charge in [0, 0.05) is 28.3 Å². The van der Waals surface area contributed by atoms with E-state index in [0.29, 0.717) is 18.1 Å². The minimum Gasteiger partial charge on any atom is -0.493 e. The van der Waals surface area contributed by atoms with Gasteiger partial charge in [0.05, 0.1) is 6.61 Å². The smallest absolute Gasteiger partial charge is 0.256 e. The third-order valence-corrected chi connectivity index (χ3v) is 3.96. The van der Waals surface area contributed by atoms with Gasteiger partial charge >= 0.3 is 0 Å². The van der Waals surface area contributed by atoms with E-state index in [1.54, 1.807) is 0 Å². The van der Waals surface area contributed by atoms with E-state index < -0.39 is 0 Å². The molecule has 118 valence electrons. The molecule has 3 nitrogen and oxygen atoms in total. The standard InChI is InChI=1S/C19H18ClNO2/c1-2-23-18-6-4-3-5-14(18)12-16-15-11-13(9-10-20)7-8-17(15)21-19(16)22/h3-8,11-12H,2,9-10H2,1H3,(H,21,22). The Hall–Kier alpha value is -2.26. The van der Waals surface area contributed by atoms with E-state index in [2.05, 4.69) is 5.32 Å². The number of aryl methyl sites for hydroxylation is 1. The first-order valence-corrected chi connectivity index (χ1v) is 8.20. The van der Waals surface area contributed by atoms with Crippen LogP contribution in [0.4, 0.5) is 5.69 Å². The number of carbonyl (C=O) groups excluding carboxylic acids is 1. The summed E-state index contributed by atoms with van der Waals surface area (Å²) in [5.41, 5.74) is 4.44. The maximum Gasteiger partial charge on any atom is 0.256 e. The molecule has 0 spiro atoms. The van der Waals surface area contributed by atoms with Crippen LogP contribution in [0, 0.1) is 0 Å². The molecule has 1 aliphatic rings. The number of alkyl halides is 1. The van der Waals surface area contributed by atoms with Crippen LogP contribution in [-0.4, -0.2) is 18.4 Å². The van der Waals surface area contributed by atoms with Crippen molar-refractivity contribution >= 4 is 34.8 Å². The largest absolute Gasteiger partial charge is 0.493 e. The summed E-state index contributed by atoms with van der Waals surface area (Å²) in [4.78, 5) is 12.3. The maximum absolute atomic E-state index is 12.3. The van der Waals surface area contributed by atoms with Crippen LogP contribution in [0.5, 0.6) is 5.75 Å². The van der Waals surface area contributed by atoms with Crippen molar-refractivity contribution in [2.45, 2.75) is 13.3 Å². The summed E-state index contributed by atoms with van der Waals surface area (Å²) in [5.74, 6) is 1.25. The van der Waals surface area contributed by atoms with Gasteiger partial charge in [-0.2, -0.15) is 0 Å². The molecule has 0 bridgehead atoms. The molecular formula is C19H18ClNO2. The van der Waals surface area contributed by atoms with E-state index in [0.717, 1.165) is 34.5 Å². The van der Waals surface area contributed by atoms with Gasteiger partial charge in [0.15, 0.2) is 0 Å². The molecule has 4 heteroatoms. The van der Waals surface area contributed by atoms with Gasteiger partial charge in [0.2, 0.25) is 0 Å². The second kappa shape index (κ2) is 6.88. The average molecular weight is 328 g/mol. The fourth-order valence-electron chi connectivity index (χ4n) is 2.69. The molecule has 2 aromatic rings. The second-order valence-electron chi connectivity index (χ2n) is 5.30. The van der Waals surface area contributed by atoms with Gasteiger partial charge in [-0.25, -0.2) is 0 Å². The van der Waals surface area contributed by atoms with Crippen LogP contribution in [0.2, 0.25) is 0 Å². The monoisotopic (exact) mass is 327 g/mol. The molecular weight excluding hydrogens is 310 g/mol. The topological polar surface area (TPSA) is 38.3 Å². The number of benzene rings is 2. The normalized spacial score (nSPS) is 14.7. The minimum atomic E-state index is -0.0886. The van der Waals surface area contributed by atoms with Crippen LogP contribution in [-0.2, 0) is 11.2 Å². The van der Waals surface area contributed by atoms with Crippen molar-refractivity contribution in [1.82, 2.24) is 0 Å². The number of hydrogen-bond donors (Lipinski definition) is 1. The van der Waals surface area contributed by atoms with Crippen LogP contribution in [0.3, 0.4) is 0 Å². The number of fused-ring (bicyclic) bond motifs is 1. The molecule has 0 aliphatic carbocycles. The highest BCUT2D eigenvalue weighted by atomic mass is 35.5. The predicted molar refractivity (Wildman–Crippen MR) is 95.0 cm³/mol. The average Bonchev–Trinajstić information content (AvgIpc) is 2.85. The van der Waals surface area contributed by atoms with Crippen LogP contribution in [0.1, 0.15) is 23.6 Å². The van der Waals surface area contributed by atoms with Gasteiger partial charge < -0.3 is 10.1 Å². The zero-order valence-corrected chi connectivity index (χ0v) is 13.7. The number of hydrogen-bond acceptors (Lipinski definition) is 2. The van der Waals surface area contributed by atoms with E-state index in [4.69, 9.17) is 16.3 Å². The van der Waals surface area contributed by atoms with Gasteiger partial charge in [0.1, 0.15) is 5.75 Å². The van der Waals surface area contributed by atoms with Crippen molar-refractivity contribution in [2.24, 2.45) is 0 Å².